The molecule has 1 aromatic carbocycles. The Morgan fingerprint density at radius 3 is 2.88 bits per heavy atom. The van der Waals surface area contributed by atoms with Crippen molar-refractivity contribution >= 4 is 21.8 Å². The first-order valence-corrected chi connectivity index (χ1v) is 6.14. The van der Waals surface area contributed by atoms with Gasteiger partial charge in [0.2, 0.25) is 0 Å². The lowest BCUT2D eigenvalue weighted by molar-refractivity contribution is -0.154. The van der Waals surface area contributed by atoms with Gasteiger partial charge >= 0.3 is 0 Å². The average Bonchev–Trinajstić information content (AvgIpc) is 2.22. The summed E-state index contributed by atoms with van der Waals surface area (Å²) in [5.74, 6) is 0.552. The van der Waals surface area contributed by atoms with E-state index in [4.69, 9.17) is 4.74 Å². The summed E-state index contributed by atoms with van der Waals surface area (Å²) < 4.78 is 6.28. The Bertz CT molecular complexity index is 426. The summed E-state index contributed by atoms with van der Waals surface area (Å²) >= 11 is 3.33. The molecular weight excluding hydrogens is 286 g/mol. The summed E-state index contributed by atoms with van der Waals surface area (Å²) in [7, 11) is 0. The van der Waals surface area contributed by atoms with Crippen molar-refractivity contribution in [2.75, 3.05) is 19.7 Å². The molecule has 1 N–H and O–H groups in total. The summed E-state index contributed by atoms with van der Waals surface area (Å²) in [5.41, 5.74) is -0.731. The lowest BCUT2D eigenvalue weighted by atomic mass is 9.97. The van der Waals surface area contributed by atoms with E-state index >= 15 is 0 Å². The molecule has 0 saturated carbocycles. The number of likely N-dealkylation sites (tertiary alicyclic amines) is 1. The Morgan fingerprint density at radius 1 is 1.59 bits per heavy atom. The SMILES string of the molecule is CC1(O)CN(C(=O)COc2cccc(Br)c2)C1. The molecule has 1 aromatic rings. The third-order valence-electron chi connectivity index (χ3n) is 2.57. The predicted octanol–water partition coefficient (Wildman–Crippen LogP) is 1.42. The van der Waals surface area contributed by atoms with E-state index < -0.39 is 5.60 Å². The quantitative estimate of drug-likeness (QED) is 0.918. The monoisotopic (exact) mass is 299 g/mol. The highest BCUT2D eigenvalue weighted by Gasteiger charge is 2.39. The van der Waals surface area contributed by atoms with E-state index in [0.29, 0.717) is 18.8 Å². The minimum Gasteiger partial charge on any atom is -0.484 e. The molecule has 0 atom stereocenters. The molecule has 5 heteroatoms. The molecule has 1 saturated heterocycles. The van der Waals surface area contributed by atoms with Crippen molar-refractivity contribution < 1.29 is 14.6 Å². The first kappa shape index (κ1) is 12.4. The van der Waals surface area contributed by atoms with Crippen LogP contribution in [0.25, 0.3) is 0 Å². The maximum Gasteiger partial charge on any atom is 0.260 e. The normalized spacial score (nSPS) is 17.5. The zero-order chi connectivity index (χ0) is 12.5. The number of rotatable bonds is 3. The molecule has 0 bridgehead atoms. The zero-order valence-corrected chi connectivity index (χ0v) is 11.1. The fourth-order valence-electron chi connectivity index (χ4n) is 1.75. The van der Waals surface area contributed by atoms with Gasteiger partial charge in [0, 0.05) is 4.47 Å². The van der Waals surface area contributed by atoms with E-state index in [-0.39, 0.29) is 12.5 Å². The van der Waals surface area contributed by atoms with Crippen molar-refractivity contribution in [3.8, 4) is 5.75 Å². The van der Waals surface area contributed by atoms with E-state index in [0.717, 1.165) is 4.47 Å². The van der Waals surface area contributed by atoms with Crippen molar-refractivity contribution in [1.29, 1.82) is 0 Å². The number of aliphatic hydroxyl groups is 1. The fraction of sp³-hybridized carbons (Fsp3) is 0.417. The maximum absolute atomic E-state index is 11.6. The second kappa shape index (κ2) is 4.66. The standard InChI is InChI=1S/C12H14BrNO3/c1-12(16)7-14(8-12)11(15)6-17-10-4-2-3-9(13)5-10/h2-5,16H,6-8H2,1H3. The number of β-amino-alcohol motifs (C(OH)–C–C–N with tert-alkyl or cyclic N) is 1. The number of carbonyl (C=O) groups excluding carboxylic acids is 1. The minimum absolute atomic E-state index is 0.00648. The Labute approximate surface area is 108 Å². The molecule has 2 rings (SSSR count). The smallest absolute Gasteiger partial charge is 0.260 e. The van der Waals surface area contributed by atoms with Gasteiger partial charge in [0.05, 0.1) is 18.7 Å². The number of carbonyl (C=O) groups is 1. The van der Waals surface area contributed by atoms with Gasteiger partial charge in [0.25, 0.3) is 5.91 Å². The highest BCUT2D eigenvalue weighted by molar-refractivity contribution is 9.10. The van der Waals surface area contributed by atoms with E-state index in [1.54, 1.807) is 24.0 Å². The summed E-state index contributed by atoms with van der Waals surface area (Å²) in [6, 6.07) is 7.34. The van der Waals surface area contributed by atoms with Crippen LogP contribution in [0.1, 0.15) is 6.92 Å². The maximum atomic E-state index is 11.6. The van der Waals surface area contributed by atoms with E-state index in [9.17, 15) is 9.90 Å². The second-order valence-electron chi connectivity index (χ2n) is 4.49. The van der Waals surface area contributed by atoms with Crippen LogP contribution in [0.3, 0.4) is 0 Å². The van der Waals surface area contributed by atoms with Gasteiger partial charge < -0.3 is 14.7 Å². The molecule has 0 aliphatic carbocycles. The number of nitrogens with zero attached hydrogens (tertiary/aromatic N) is 1. The molecule has 1 aliphatic heterocycles. The van der Waals surface area contributed by atoms with Crippen LogP contribution in [0.15, 0.2) is 28.7 Å². The van der Waals surface area contributed by atoms with Crippen molar-refractivity contribution in [3.05, 3.63) is 28.7 Å². The van der Waals surface area contributed by atoms with Crippen molar-refractivity contribution in [2.45, 2.75) is 12.5 Å². The molecule has 1 aliphatic rings. The Hall–Kier alpha value is -1.07. The Balaban J connectivity index is 1.81. The number of amides is 1. The van der Waals surface area contributed by atoms with Crippen LogP contribution in [0, 0.1) is 0 Å². The molecule has 1 amide bonds. The van der Waals surface area contributed by atoms with Crippen molar-refractivity contribution in [2.24, 2.45) is 0 Å². The third-order valence-corrected chi connectivity index (χ3v) is 3.07. The summed E-state index contributed by atoms with van der Waals surface area (Å²) in [6.07, 6.45) is 0. The van der Waals surface area contributed by atoms with Gasteiger partial charge in [0.1, 0.15) is 5.75 Å². The van der Waals surface area contributed by atoms with Crippen LogP contribution in [-0.2, 0) is 4.79 Å². The molecule has 0 aromatic heterocycles. The van der Waals surface area contributed by atoms with Crippen molar-refractivity contribution in [1.82, 2.24) is 4.90 Å². The average molecular weight is 300 g/mol. The van der Waals surface area contributed by atoms with Crippen LogP contribution in [0.5, 0.6) is 5.75 Å². The molecule has 92 valence electrons. The molecule has 0 unspecified atom stereocenters. The topological polar surface area (TPSA) is 49.8 Å². The second-order valence-corrected chi connectivity index (χ2v) is 5.41. The molecule has 17 heavy (non-hydrogen) atoms. The largest absolute Gasteiger partial charge is 0.484 e. The number of halogens is 1. The third kappa shape index (κ3) is 3.20. The Morgan fingerprint density at radius 2 is 2.29 bits per heavy atom. The molecule has 4 nitrogen and oxygen atoms in total. The molecule has 0 radical (unpaired) electrons. The number of hydrogen-bond donors (Lipinski definition) is 1. The molecule has 1 heterocycles. The first-order valence-electron chi connectivity index (χ1n) is 5.35. The molecule has 1 fully saturated rings. The van der Waals surface area contributed by atoms with E-state index in [2.05, 4.69) is 15.9 Å². The van der Waals surface area contributed by atoms with Crippen LogP contribution in [0.4, 0.5) is 0 Å². The number of hydrogen-bond acceptors (Lipinski definition) is 3. The van der Waals surface area contributed by atoms with Gasteiger partial charge in [-0.3, -0.25) is 4.79 Å². The lowest BCUT2D eigenvalue weighted by Gasteiger charge is -2.43. The highest BCUT2D eigenvalue weighted by Crippen LogP contribution is 2.21. The zero-order valence-electron chi connectivity index (χ0n) is 9.52. The minimum atomic E-state index is -0.731. The first-order chi connectivity index (χ1) is 7.96. The summed E-state index contributed by atoms with van der Waals surface area (Å²) in [6.45, 7) is 2.49. The van der Waals surface area contributed by atoms with Crippen LogP contribution >= 0.6 is 15.9 Å². The van der Waals surface area contributed by atoms with Crippen LogP contribution < -0.4 is 4.74 Å². The summed E-state index contributed by atoms with van der Waals surface area (Å²) in [5, 5.41) is 9.51. The Kier molecular flexibility index (Phi) is 3.40. The summed E-state index contributed by atoms with van der Waals surface area (Å²) in [4.78, 5) is 13.2. The number of benzene rings is 1. The van der Waals surface area contributed by atoms with Gasteiger partial charge in [-0.1, -0.05) is 22.0 Å². The van der Waals surface area contributed by atoms with Gasteiger partial charge in [-0.25, -0.2) is 0 Å². The van der Waals surface area contributed by atoms with E-state index in [1.807, 2.05) is 12.1 Å². The lowest BCUT2D eigenvalue weighted by Crippen LogP contribution is -2.62. The van der Waals surface area contributed by atoms with E-state index in [1.165, 1.54) is 0 Å². The van der Waals surface area contributed by atoms with Gasteiger partial charge in [-0.05, 0) is 25.1 Å². The van der Waals surface area contributed by atoms with Crippen molar-refractivity contribution in [3.63, 3.8) is 0 Å². The molecule has 0 spiro atoms. The van der Waals surface area contributed by atoms with Crippen LogP contribution in [0.2, 0.25) is 0 Å². The predicted molar refractivity (Wildman–Crippen MR) is 66.8 cm³/mol. The van der Waals surface area contributed by atoms with Gasteiger partial charge in [0.15, 0.2) is 6.61 Å². The van der Waals surface area contributed by atoms with Gasteiger partial charge in [-0.15, -0.1) is 0 Å². The highest BCUT2D eigenvalue weighted by atomic mass is 79.9. The molecular formula is C12H14BrNO3. The van der Waals surface area contributed by atoms with Crippen LogP contribution in [-0.4, -0.2) is 41.2 Å². The fourth-order valence-corrected chi connectivity index (χ4v) is 2.12. The number of ether oxygens (including phenoxy) is 1. The van der Waals surface area contributed by atoms with Gasteiger partial charge in [-0.2, -0.15) is 0 Å².